The van der Waals surface area contributed by atoms with Gasteiger partial charge in [-0.3, -0.25) is 0 Å². The molecule has 1 aromatic carbocycles. The molecule has 1 fully saturated rings. The van der Waals surface area contributed by atoms with E-state index in [1.165, 1.54) is 0 Å². The predicted octanol–water partition coefficient (Wildman–Crippen LogP) is 1.67. The fourth-order valence-corrected chi connectivity index (χ4v) is 2.49. The molecule has 1 aliphatic heterocycles. The molecule has 0 amide bonds. The van der Waals surface area contributed by atoms with Crippen LogP contribution in [0.15, 0.2) is 12.1 Å². The summed E-state index contributed by atoms with van der Waals surface area (Å²) in [7, 11) is 0. The lowest BCUT2D eigenvalue weighted by atomic mass is 9.93. The normalized spacial score (nSPS) is 17.8. The van der Waals surface area contributed by atoms with Crippen molar-refractivity contribution >= 4 is 0 Å². The topological polar surface area (TPSA) is 65.3 Å². The Kier molecular flexibility index (Phi) is 4.08. The largest absolute Gasteiger partial charge is 0.490 e. The molecule has 0 aliphatic carbocycles. The lowest BCUT2D eigenvalue weighted by Gasteiger charge is -2.32. The molecule has 1 saturated heterocycles. The number of benzene rings is 1. The van der Waals surface area contributed by atoms with Gasteiger partial charge in [0.25, 0.3) is 0 Å². The number of rotatable bonds is 3. The Morgan fingerprint density at radius 1 is 1.32 bits per heavy atom. The van der Waals surface area contributed by atoms with Gasteiger partial charge >= 0.3 is 0 Å². The third kappa shape index (κ3) is 3.25. The summed E-state index contributed by atoms with van der Waals surface area (Å²) >= 11 is 0. The second-order valence-corrected chi connectivity index (χ2v) is 5.31. The third-order valence-electron chi connectivity index (χ3n) is 3.61. The van der Waals surface area contributed by atoms with E-state index in [1.807, 2.05) is 26.0 Å². The number of ether oxygens (including phenoxy) is 1. The van der Waals surface area contributed by atoms with Crippen LogP contribution in [0.25, 0.3) is 0 Å². The van der Waals surface area contributed by atoms with Gasteiger partial charge in [-0.1, -0.05) is 0 Å². The van der Waals surface area contributed by atoms with Gasteiger partial charge in [-0.15, -0.1) is 0 Å². The maximum atomic E-state index is 10.4. The molecule has 0 unspecified atom stereocenters. The van der Waals surface area contributed by atoms with Crippen molar-refractivity contribution in [2.45, 2.75) is 32.3 Å². The van der Waals surface area contributed by atoms with Gasteiger partial charge in [0.05, 0.1) is 11.6 Å². The highest BCUT2D eigenvalue weighted by Crippen LogP contribution is 2.27. The van der Waals surface area contributed by atoms with Crippen molar-refractivity contribution in [2.75, 3.05) is 19.7 Å². The van der Waals surface area contributed by atoms with E-state index in [9.17, 15) is 5.11 Å². The van der Waals surface area contributed by atoms with E-state index >= 15 is 0 Å². The Balaban J connectivity index is 2.09. The highest BCUT2D eigenvalue weighted by molar-refractivity contribution is 5.47. The van der Waals surface area contributed by atoms with E-state index < -0.39 is 5.60 Å². The van der Waals surface area contributed by atoms with Crippen LogP contribution in [-0.2, 0) is 0 Å². The zero-order valence-corrected chi connectivity index (χ0v) is 11.5. The van der Waals surface area contributed by atoms with Crippen LogP contribution in [0.1, 0.15) is 29.5 Å². The molecule has 4 heteroatoms. The molecule has 1 aliphatic rings. The number of aryl methyl sites for hydroxylation is 2. The molecule has 2 N–H and O–H groups in total. The van der Waals surface area contributed by atoms with E-state index in [-0.39, 0.29) is 0 Å². The highest BCUT2D eigenvalue weighted by Gasteiger charge is 2.30. The van der Waals surface area contributed by atoms with Crippen molar-refractivity contribution in [3.63, 3.8) is 0 Å². The molecular weight excluding hydrogens is 240 g/mol. The Hall–Kier alpha value is -1.57. The van der Waals surface area contributed by atoms with Gasteiger partial charge in [-0.2, -0.15) is 5.26 Å². The Morgan fingerprint density at radius 3 is 2.42 bits per heavy atom. The predicted molar refractivity (Wildman–Crippen MR) is 73.2 cm³/mol. The number of hydrogen-bond donors (Lipinski definition) is 2. The van der Waals surface area contributed by atoms with E-state index in [4.69, 9.17) is 10.00 Å². The molecular formula is C15H20N2O2. The summed E-state index contributed by atoms with van der Waals surface area (Å²) in [4.78, 5) is 0. The SMILES string of the molecule is Cc1cc(C#N)cc(C)c1OCC1(O)CCNCC1. The first-order chi connectivity index (χ1) is 9.04. The first-order valence-electron chi connectivity index (χ1n) is 6.61. The molecule has 0 saturated carbocycles. The minimum atomic E-state index is -0.738. The number of piperidine rings is 1. The minimum absolute atomic E-state index is 0.308. The fraction of sp³-hybridized carbons (Fsp3) is 0.533. The number of nitrogens with one attached hydrogen (secondary N) is 1. The molecule has 0 spiro atoms. The Morgan fingerprint density at radius 2 is 1.89 bits per heavy atom. The van der Waals surface area contributed by atoms with Crippen LogP contribution >= 0.6 is 0 Å². The highest BCUT2D eigenvalue weighted by atomic mass is 16.5. The standard InChI is InChI=1S/C15H20N2O2/c1-11-7-13(9-16)8-12(2)14(11)19-10-15(18)3-5-17-6-4-15/h7-8,17-18H,3-6,10H2,1-2H3. The van der Waals surface area contributed by atoms with Crippen molar-refractivity contribution in [3.05, 3.63) is 28.8 Å². The van der Waals surface area contributed by atoms with Crippen molar-refractivity contribution in [3.8, 4) is 11.8 Å². The lowest BCUT2D eigenvalue weighted by Crippen LogP contribution is -2.46. The van der Waals surface area contributed by atoms with Crippen LogP contribution in [0.2, 0.25) is 0 Å². The van der Waals surface area contributed by atoms with Crippen molar-refractivity contribution in [2.24, 2.45) is 0 Å². The average molecular weight is 260 g/mol. The van der Waals surface area contributed by atoms with Crippen LogP contribution in [0.5, 0.6) is 5.75 Å². The van der Waals surface area contributed by atoms with Gasteiger partial charge in [-0.25, -0.2) is 0 Å². The second kappa shape index (κ2) is 5.60. The summed E-state index contributed by atoms with van der Waals surface area (Å²) in [5.41, 5.74) is 1.78. The van der Waals surface area contributed by atoms with Gasteiger partial charge in [0.2, 0.25) is 0 Å². The van der Waals surface area contributed by atoms with Crippen LogP contribution in [0.4, 0.5) is 0 Å². The molecule has 0 aromatic heterocycles. The number of aliphatic hydroxyl groups is 1. The molecule has 102 valence electrons. The van der Waals surface area contributed by atoms with Gasteiger partial charge in [0, 0.05) is 0 Å². The molecule has 0 radical (unpaired) electrons. The fourth-order valence-electron chi connectivity index (χ4n) is 2.49. The minimum Gasteiger partial charge on any atom is -0.490 e. The van der Waals surface area contributed by atoms with E-state index in [0.717, 1.165) is 30.0 Å². The summed E-state index contributed by atoms with van der Waals surface area (Å²) in [5.74, 6) is 0.783. The zero-order chi connectivity index (χ0) is 13.9. The van der Waals surface area contributed by atoms with Crippen LogP contribution < -0.4 is 10.1 Å². The molecule has 0 bridgehead atoms. The van der Waals surface area contributed by atoms with E-state index in [0.29, 0.717) is 25.0 Å². The van der Waals surface area contributed by atoms with Gasteiger partial charge < -0.3 is 15.2 Å². The van der Waals surface area contributed by atoms with Crippen LogP contribution in [0, 0.1) is 25.2 Å². The summed E-state index contributed by atoms with van der Waals surface area (Å²) < 4.78 is 5.82. The van der Waals surface area contributed by atoms with Crippen LogP contribution in [-0.4, -0.2) is 30.4 Å². The molecule has 0 atom stereocenters. The quantitative estimate of drug-likeness (QED) is 0.867. The second-order valence-electron chi connectivity index (χ2n) is 5.31. The smallest absolute Gasteiger partial charge is 0.125 e. The molecule has 2 rings (SSSR count). The van der Waals surface area contributed by atoms with Crippen LogP contribution in [0.3, 0.4) is 0 Å². The van der Waals surface area contributed by atoms with E-state index in [2.05, 4.69) is 11.4 Å². The third-order valence-corrected chi connectivity index (χ3v) is 3.61. The van der Waals surface area contributed by atoms with Crippen molar-refractivity contribution < 1.29 is 9.84 Å². The number of hydrogen-bond acceptors (Lipinski definition) is 4. The Bertz CT molecular complexity index is 476. The summed E-state index contributed by atoms with van der Waals surface area (Å²) in [6, 6.07) is 5.76. The molecule has 19 heavy (non-hydrogen) atoms. The van der Waals surface area contributed by atoms with Gasteiger partial charge in [-0.05, 0) is 63.0 Å². The van der Waals surface area contributed by atoms with Gasteiger partial charge in [0.1, 0.15) is 18.0 Å². The lowest BCUT2D eigenvalue weighted by molar-refractivity contribution is -0.0288. The van der Waals surface area contributed by atoms with Crippen molar-refractivity contribution in [1.82, 2.24) is 5.32 Å². The maximum Gasteiger partial charge on any atom is 0.125 e. The number of nitriles is 1. The number of nitrogens with zero attached hydrogens (tertiary/aromatic N) is 1. The maximum absolute atomic E-state index is 10.4. The molecule has 1 heterocycles. The van der Waals surface area contributed by atoms with Crippen molar-refractivity contribution in [1.29, 1.82) is 5.26 Å². The average Bonchev–Trinajstić information content (AvgIpc) is 2.38. The first kappa shape index (κ1) is 13.9. The van der Waals surface area contributed by atoms with Gasteiger partial charge in [0.15, 0.2) is 0 Å². The zero-order valence-electron chi connectivity index (χ0n) is 11.5. The molecule has 4 nitrogen and oxygen atoms in total. The van der Waals surface area contributed by atoms with E-state index in [1.54, 1.807) is 0 Å². The first-order valence-corrected chi connectivity index (χ1v) is 6.61. The summed E-state index contributed by atoms with van der Waals surface area (Å²) in [6.07, 6.45) is 1.42. The summed E-state index contributed by atoms with van der Waals surface area (Å²) in [5, 5.41) is 22.5. The summed E-state index contributed by atoms with van der Waals surface area (Å²) in [6.45, 7) is 5.81. The Labute approximate surface area is 114 Å². The monoisotopic (exact) mass is 260 g/mol. The molecule has 1 aromatic rings.